The van der Waals surface area contributed by atoms with Crippen LogP contribution in [0, 0.1) is 59.7 Å². The molecule has 14 aromatic rings. The Kier molecular flexibility index (Phi) is 31.9. The maximum Gasteiger partial charge on any atom is 0.140 e. The first-order valence-corrected chi connectivity index (χ1v) is 56.6. The number of ether oxygens (including phenoxy) is 2. The topological polar surface area (TPSA) is 80.0 Å². The molecule has 24 rings (SSSR count). The number of fused-ring (bicyclic) bond motifs is 9. The Morgan fingerprint density at radius 2 is 0.818 bits per heavy atom. The molecule has 7 saturated carbocycles. The number of hydrogen-bond donors (Lipinski definition) is 0. The minimum absolute atomic E-state index is 0. The van der Waals surface area contributed by atoms with Crippen LogP contribution in [0.15, 0.2) is 207 Å². The van der Waals surface area contributed by atoms with E-state index in [1.807, 2.05) is 18.9 Å². The van der Waals surface area contributed by atoms with E-state index in [0.717, 1.165) is 72.9 Å². The van der Waals surface area contributed by atoms with Gasteiger partial charge in [0.05, 0.1) is 18.0 Å². The first kappa shape index (κ1) is 107. The third kappa shape index (κ3) is 18.5. The Morgan fingerprint density at radius 1 is 0.399 bits per heavy atom. The Hall–Kier alpha value is -9.21. The summed E-state index contributed by atoms with van der Waals surface area (Å²) in [5.41, 5.74) is 50.1. The van der Waals surface area contributed by atoms with Crippen molar-refractivity contribution in [3.05, 3.63) is 325 Å². The molecule has 11 heteroatoms. The van der Waals surface area contributed by atoms with Gasteiger partial charge in [0.25, 0.3) is 0 Å². The van der Waals surface area contributed by atoms with Gasteiger partial charge in [-0.2, -0.15) is 5.10 Å². The molecule has 0 bridgehead atoms. The van der Waals surface area contributed by atoms with Gasteiger partial charge >= 0.3 is 0 Å². The Labute approximate surface area is 926 Å². The number of methoxy groups -OCH3 is 2. The molecule has 3 heterocycles. The maximum atomic E-state index is 5.99. The van der Waals surface area contributed by atoms with Gasteiger partial charge in [0.2, 0.25) is 0 Å². The fraction of sp³-hybridized carbons (Fsp3) is 0.445. The van der Waals surface area contributed by atoms with Crippen molar-refractivity contribution in [3.8, 4) is 117 Å². The van der Waals surface area contributed by atoms with Crippen molar-refractivity contribution in [2.45, 2.75) is 371 Å². The fourth-order valence-electron chi connectivity index (χ4n) is 31.0. The molecule has 3 aromatic heterocycles. The van der Waals surface area contributed by atoms with Gasteiger partial charge in [-0.05, 0) is 352 Å². The van der Waals surface area contributed by atoms with Crippen molar-refractivity contribution in [3.63, 3.8) is 0 Å². The number of benzene rings is 11. The summed E-state index contributed by atoms with van der Waals surface area (Å²) < 4.78 is 16.4. The van der Waals surface area contributed by atoms with E-state index in [0.29, 0.717) is 11.8 Å². The van der Waals surface area contributed by atoms with Crippen LogP contribution in [0.5, 0.6) is 0 Å². The second kappa shape index (κ2) is 44.1. The van der Waals surface area contributed by atoms with Crippen molar-refractivity contribution in [1.29, 1.82) is 0 Å². The van der Waals surface area contributed by atoms with Crippen LogP contribution in [0.3, 0.4) is 0 Å². The third-order valence-electron chi connectivity index (χ3n) is 38.5. The minimum atomic E-state index is 0. The SMILES string of the molecule is CCCCCCc1cc(CCCCCC)cc(-c2ccc3c(c2)C24CCCC2(CCC4)c2c(-c4nc(CCCC)nn4C)[c-]ccc2-3)c1.COC1CC(OC)CC(c2[n-]c(-c3[c-]ccc4c3C35CCCC3(CCC5)c3ccccc3-4)c[n+]2-c2cc(C(C)C)cc(C(C)C)c2)C1.Cc1cc(-c2cc(-c3ccc(-c4[c-]ccc5c4C46CCCC4(CCC6)c4ccccc4-5)nc3)cc(-c3cc(C)c(C)c(C)c3)c2)cc(C)c1C.[Ir].[Ir].[Ir]. The summed E-state index contributed by atoms with van der Waals surface area (Å²) in [7, 11) is 5.77. The smallest absolute Gasteiger partial charge is 0.140 e. The Morgan fingerprint density at radius 3 is 1.28 bits per heavy atom. The van der Waals surface area contributed by atoms with Crippen LogP contribution in [-0.4, -0.2) is 46.2 Å². The van der Waals surface area contributed by atoms with Crippen molar-refractivity contribution in [2.24, 2.45) is 7.05 Å². The standard InChI is InChI=1S/C49H46N.C45H58N3.C43H51N2O2.3Ir/c1-30-22-37(23-31(2)34(30)5)40-26-39(27-41(28-40)38-24-32(3)35(6)33(4)25-38)36-16-17-46(50-29-36)44-14-9-13-43-42-12-7-8-15-45(42)48-18-10-20-49(48,47(43)44)21-11-19-48;1-5-8-11-13-18-33-29-34(19-14-12-9-6-2)31-36(30-33)35-23-24-37-38-20-15-21-39(43-46-41(22-10-7-3)47-48(43)4)42(38)45-27-16-25-44(45,26-17-28-45)40(37)32-35;1-27(2)29-20-30(28(3)4)22-32(21-29)45-26-39(44-41(45)31-23-33(46-5)25-34(24-31)47-6)37-14-9-13-36-35-12-7-8-15-38(35)42-16-10-18-43(42,40(36)37)19-11-17-42;;;/h7-9,12-13,15-17,22-29H,10-11,18-21H2,1-6H3;15,20,23-24,29-32H,5-14,16-19,22,25-28H2,1-4H3;7-9,12-13,15,20-22,26-28,31,33-34H,10-11,16-19,23-25H2,1-6H3;;;/q3*-1;;;. The molecule has 0 aliphatic heterocycles. The Bertz CT molecular complexity index is 7000. The summed E-state index contributed by atoms with van der Waals surface area (Å²) in [4.78, 5) is 16.1. The first-order chi connectivity index (χ1) is 70.5. The molecular weight excluding hydrogens is 2340 g/mol. The number of pyridine rings is 1. The van der Waals surface area contributed by atoms with E-state index in [4.69, 9.17) is 29.5 Å². The zero-order valence-corrected chi connectivity index (χ0v) is 98.2. The van der Waals surface area contributed by atoms with E-state index in [9.17, 15) is 0 Å². The molecule has 2 unspecified atom stereocenters. The first-order valence-electron chi connectivity index (χ1n) is 56.6. The molecule has 3 radical (unpaired) electrons. The molecule has 0 spiro atoms. The van der Waals surface area contributed by atoms with Gasteiger partial charge in [-0.15, -0.1) is 88.0 Å². The molecule has 7 fully saturated rings. The molecule has 0 saturated heterocycles. The zero-order valence-electron chi connectivity index (χ0n) is 91.1. The van der Waals surface area contributed by atoms with Crippen LogP contribution in [-0.2, 0) is 129 Å². The van der Waals surface area contributed by atoms with Crippen LogP contribution < -0.4 is 9.55 Å². The van der Waals surface area contributed by atoms with Gasteiger partial charge in [0.15, 0.2) is 0 Å². The number of rotatable bonds is 26. The average molecular weight is 2490 g/mol. The third-order valence-corrected chi connectivity index (χ3v) is 38.5. The number of aryl methyl sites for hydroxylation is 8. The normalized spacial score (nSPS) is 22.5. The summed E-state index contributed by atoms with van der Waals surface area (Å²) in [5.74, 6) is 4.21. The number of imidazole rings is 1. The number of hydrogen-bond acceptors (Lipinski definition) is 5. The zero-order chi connectivity index (χ0) is 100. The van der Waals surface area contributed by atoms with Gasteiger partial charge in [0.1, 0.15) is 11.6 Å². The van der Waals surface area contributed by atoms with Crippen molar-refractivity contribution in [2.75, 3.05) is 14.2 Å². The number of unbranched alkanes of at least 4 members (excludes halogenated alkanes) is 7. The maximum absolute atomic E-state index is 5.99. The van der Waals surface area contributed by atoms with E-state index < -0.39 is 0 Å². The van der Waals surface area contributed by atoms with Crippen LogP contribution in [0.25, 0.3) is 117 Å². The fourth-order valence-corrected chi connectivity index (χ4v) is 31.0. The van der Waals surface area contributed by atoms with E-state index in [1.54, 1.807) is 16.7 Å². The second-order valence-electron chi connectivity index (χ2n) is 47.0. The van der Waals surface area contributed by atoms with Crippen LogP contribution in [0.2, 0.25) is 0 Å². The quantitative estimate of drug-likeness (QED) is 0.0305. The Balaban J connectivity index is 0.000000138. The van der Waals surface area contributed by atoms with Gasteiger partial charge in [-0.1, -0.05) is 315 Å². The van der Waals surface area contributed by atoms with Gasteiger partial charge in [-0.25, -0.2) is 0 Å². The van der Waals surface area contributed by atoms with Crippen LogP contribution in [0.1, 0.15) is 366 Å². The molecular formula is C137H155Ir3N6O2-3. The number of nitrogens with zero attached hydrogens (tertiary/aromatic N) is 6. The van der Waals surface area contributed by atoms with Crippen molar-refractivity contribution in [1.82, 2.24) is 24.7 Å². The molecule has 10 aliphatic rings. The van der Waals surface area contributed by atoms with E-state index in [-0.39, 0.29) is 111 Å². The average Bonchev–Trinajstić information content (AvgIpc) is 1.52. The monoisotopic (exact) mass is 2500 g/mol. The summed E-state index contributed by atoms with van der Waals surface area (Å²) >= 11 is 0. The molecule has 10 aliphatic carbocycles. The predicted octanol–water partition coefficient (Wildman–Crippen LogP) is 34.4. The number of aromatic nitrogens is 6. The molecule has 11 aromatic carbocycles. The van der Waals surface area contributed by atoms with Gasteiger partial charge < -0.3 is 19.0 Å². The summed E-state index contributed by atoms with van der Waals surface area (Å²) in [5, 5.41) is 4.88. The minimum Gasteiger partial charge on any atom is -0.381 e. The van der Waals surface area contributed by atoms with Crippen molar-refractivity contribution < 1.29 is 74.4 Å². The van der Waals surface area contributed by atoms with E-state index >= 15 is 0 Å². The van der Waals surface area contributed by atoms with Gasteiger partial charge in [0, 0.05) is 112 Å². The molecule has 0 amide bonds. The van der Waals surface area contributed by atoms with Crippen molar-refractivity contribution >= 4 is 0 Å². The van der Waals surface area contributed by atoms with E-state index in [2.05, 4.69) is 326 Å². The molecule has 8 nitrogen and oxygen atoms in total. The van der Waals surface area contributed by atoms with E-state index in [1.165, 1.54) is 347 Å². The molecule has 148 heavy (non-hydrogen) atoms. The largest absolute Gasteiger partial charge is 0.381 e. The molecule has 2 atom stereocenters. The summed E-state index contributed by atoms with van der Waals surface area (Å²) in [6.45, 7) is 29.4. The summed E-state index contributed by atoms with van der Waals surface area (Å²) in [6, 6.07) is 86.8. The van der Waals surface area contributed by atoms with Crippen LogP contribution >= 0.6 is 0 Å². The summed E-state index contributed by atoms with van der Waals surface area (Å²) in [6.07, 6.45) is 46.9. The van der Waals surface area contributed by atoms with Gasteiger partial charge in [-0.3, -0.25) is 14.6 Å². The second-order valence-corrected chi connectivity index (χ2v) is 47.0. The molecule has 0 N–H and O–H groups in total. The predicted molar refractivity (Wildman–Crippen MR) is 600 cm³/mol. The molecule has 775 valence electrons. The van der Waals surface area contributed by atoms with Crippen LogP contribution in [0.4, 0.5) is 0 Å².